The van der Waals surface area contributed by atoms with Crippen LogP contribution in [-0.2, 0) is 13.0 Å². The lowest BCUT2D eigenvalue weighted by atomic mass is 10.3. The maximum Gasteiger partial charge on any atom is 0.213 e. The molecule has 0 aliphatic heterocycles. The van der Waals surface area contributed by atoms with Crippen molar-refractivity contribution in [3.05, 3.63) is 54.0 Å². The molecule has 0 bridgehead atoms. The van der Waals surface area contributed by atoms with Crippen molar-refractivity contribution in [2.45, 2.75) is 25.8 Å². The third-order valence-electron chi connectivity index (χ3n) is 4.04. The van der Waals surface area contributed by atoms with Crippen LogP contribution in [0.1, 0.15) is 24.1 Å². The minimum Gasteiger partial charge on any atom is -0.477 e. The van der Waals surface area contributed by atoms with E-state index in [1.54, 1.807) is 7.05 Å². The van der Waals surface area contributed by atoms with Crippen LogP contribution in [0.5, 0.6) is 5.88 Å². The van der Waals surface area contributed by atoms with Crippen molar-refractivity contribution in [2.75, 3.05) is 20.2 Å². The zero-order valence-electron chi connectivity index (χ0n) is 15.0. The van der Waals surface area contributed by atoms with E-state index in [-0.39, 0.29) is 24.0 Å². The van der Waals surface area contributed by atoms with Crippen molar-refractivity contribution < 1.29 is 4.74 Å². The Kier molecular flexibility index (Phi) is 8.60. The zero-order valence-corrected chi connectivity index (χ0v) is 17.3. The van der Waals surface area contributed by atoms with E-state index in [0.717, 1.165) is 42.7 Å². The summed E-state index contributed by atoms with van der Waals surface area (Å²) in [4.78, 5) is 12.9. The summed E-state index contributed by atoms with van der Waals surface area (Å²) >= 11 is 0. The third kappa shape index (κ3) is 7.15. The number of halogens is 1. The number of aromatic nitrogens is 2. The van der Waals surface area contributed by atoms with Crippen molar-refractivity contribution >= 4 is 29.9 Å². The molecular weight excluding hydrogens is 441 g/mol. The zero-order chi connectivity index (χ0) is 17.3. The molecule has 3 rings (SSSR count). The van der Waals surface area contributed by atoms with E-state index in [4.69, 9.17) is 4.74 Å². The van der Waals surface area contributed by atoms with Crippen molar-refractivity contribution in [1.82, 2.24) is 20.6 Å². The second kappa shape index (κ2) is 10.9. The molecule has 2 heterocycles. The summed E-state index contributed by atoms with van der Waals surface area (Å²) in [6, 6.07) is 9.91. The lowest BCUT2D eigenvalue weighted by Crippen LogP contribution is -2.37. The van der Waals surface area contributed by atoms with Crippen molar-refractivity contribution in [3.63, 3.8) is 0 Å². The Morgan fingerprint density at radius 1 is 1.19 bits per heavy atom. The van der Waals surface area contributed by atoms with Crippen molar-refractivity contribution in [1.29, 1.82) is 0 Å². The van der Waals surface area contributed by atoms with Crippen LogP contribution in [0.2, 0.25) is 0 Å². The van der Waals surface area contributed by atoms with E-state index in [2.05, 4.69) is 25.6 Å². The number of aliphatic imine (C=N–C) groups is 1. The average Bonchev–Trinajstić information content (AvgIpc) is 3.49. The standard InChI is InChI=1S/C19H25N5O.HI/c1-20-19(22-11-9-17-4-2-3-10-21-17)24-13-16-7-8-18(23-12-16)25-14-15-5-6-15;/h2-4,7-8,10,12,15H,5-6,9,11,13-14H2,1H3,(H2,20,22,24);1H. The van der Waals surface area contributed by atoms with Gasteiger partial charge in [-0.25, -0.2) is 4.98 Å². The lowest BCUT2D eigenvalue weighted by Gasteiger charge is -2.12. The summed E-state index contributed by atoms with van der Waals surface area (Å²) in [5, 5.41) is 6.58. The molecule has 2 aromatic heterocycles. The van der Waals surface area contributed by atoms with E-state index < -0.39 is 0 Å². The summed E-state index contributed by atoms with van der Waals surface area (Å²) in [6.45, 7) is 2.24. The van der Waals surface area contributed by atoms with Gasteiger partial charge in [-0.05, 0) is 36.5 Å². The number of rotatable bonds is 8. The van der Waals surface area contributed by atoms with Gasteiger partial charge in [0.1, 0.15) is 0 Å². The van der Waals surface area contributed by atoms with Crippen LogP contribution in [0.15, 0.2) is 47.7 Å². The Hall–Kier alpha value is -1.90. The van der Waals surface area contributed by atoms with Gasteiger partial charge in [0.25, 0.3) is 0 Å². The van der Waals surface area contributed by atoms with Gasteiger partial charge in [-0.2, -0.15) is 0 Å². The minimum atomic E-state index is 0. The fourth-order valence-electron chi connectivity index (χ4n) is 2.35. The number of nitrogens with one attached hydrogen (secondary N) is 2. The lowest BCUT2D eigenvalue weighted by molar-refractivity contribution is 0.288. The predicted molar refractivity (Wildman–Crippen MR) is 114 cm³/mol. The van der Waals surface area contributed by atoms with Gasteiger partial charge in [-0.15, -0.1) is 24.0 Å². The van der Waals surface area contributed by atoms with E-state index in [1.807, 2.05) is 42.7 Å². The highest BCUT2D eigenvalue weighted by molar-refractivity contribution is 14.0. The molecule has 0 spiro atoms. The summed E-state index contributed by atoms with van der Waals surface area (Å²) in [7, 11) is 1.77. The molecule has 0 radical (unpaired) electrons. The van der Waals surface area contributed by atoms with Crippen LogP contribution < -0.4 is 15.4 Å². The number of hydrogen-bond acceptors (Lipinski definition) is 4. The summed E-state index contributed by atoms with van der Waals surface area (Å²) < 4.78 is 5.65. The fourth-order valence-corrected chi connectivity index (χ4v) is 2.35. The van der Waals surface area contributed by atoms with Crippen LogP contribution in [0, 0.1) is 5.92 Å². The highest BCUT2D eigenvalue weighted by atomic mass is 127. The maximum absolute atomic E-state index is 5.65. The molecule has 1 saturated carbocycles. The van der Waals surface area contributed by atoms with Gasteiger partial charge in [0.2, 0.25) is 5.88 Å². The quantitative estimate of drug-likeness (QED) is 0.355. The van der Waals surface area contributed by atoms with Gasteiger partial charge >= 0.3 is 0 Å². The molecule has 7 heteroatoms. The first kappa shape index (κ1) is 20.4. The van der Waals surface area contributed by atoms with Crippen molar-refractivity contribution in [2.24, 2.45) is 10.9 Å². The SMILES string of the molecule is CN=C(NCCc1ccccn1)NCc1ccc(OCC2CC2)nc1.I. The largest absolute Gasteiger partial charge is 0.477 e. The highest BCUT2D eigenvalue weighted by Crippen LogP contribution is 2.29. The predicted octanol–water partition coefficient (Wildman–Crippen LogP) is 2.79. The number of nitrogens with zero attached hydrogens (tertiary/aromatic N) is 3. The molecule has 1 aliphatic rings. The highest BCUT2D eigenvalue weighted by Gasteiger charge is 2.21. The molecule has 2 aromatic rings. The maximum atomic E-state index is 5.65. The Bertz CT molecular complexity index is 674. The van der Waals surface area contributed by atoms with Gasteiger partial charge in [-0.1, -0.05) is 12.1 Å². The Morgan fingerprint density at radius 2 is 2.08 bits per heavy atom. The average molecular weight is 467 g/mol. The van der Waals surface area contributed by atoms with Crippen LogP contribution in [0.25, 0.3) is 0 Å². The number of guanidine groups is 1. The fraction of sp³-hybridized carbons (Fsp3) is 0.421. The van der Waals surface area contributed by atoms with E-state index in [0.29, 0.717) is 12.4 Å². The Labute approximate surface area is 171 Å². The van der Waals surface area contributed by atoms with Gasteiger partial charge in [0.15, 0.2) is 5.96 Å². The van der Waals surface area contributed by atoms with Gasteiger partial charge < -0.3 is 15.4 Å². The number of pyridine rings is 2. The van der Waals surface area contributed by atoms with E-state index >= 15 is 0 Å². The van der Waals surface area contributed by atoms with Gasteiger partial charge in [0, 0.05) is 50.7 Å². The Balaban J connectivity index is 0.00000243. The van der Waals surface area contributed by atoms with Crippen LogP contribution >= 0.6 is 24.0 Å². The summed E-state index contributed by atoms with van der Waals surface area (Å²) in [5.41, 5.74) is 2.16. The first-order valence-corrected chi connectivity index (χ1v) is 8.75. The molecule has 6 nitrogen and oxygen atoms in total. The Morgan fingerprint density at radius 3 is 2.73 bits per heavy atom. The topological polar surface area (TPSA) is 71.4 Å². The first-order valence-electron chi connectivity index (χ1n) is 8.75. The summed E-state index contributed by atoms with van der Waals surface area (Å²) in [5.74, 6) is 2.21. The van der Waals surface area contributed by atoms with Crippen LogP contribution in [0.3, 0.4) is 0 Å². The molecule has 0 aromatic carbocycles. The van der Waals surface area contributed by atoms with Crippen molar-refractivity contribution in [3.8, 4) is 5.88 Å². The molecule has 1 fully saturated rings. The summed E-state index contributed by atoms with van der Waals surface area (Å²) in [6.07, 6.45) is 7.09. The first-order chi connectivity index (χ1) is 12.3. The number of hydrogen-bond donors (Lipinski definition) is 2. The monoisotopic (exact) mass is 467 g/mol. The molecule has 26 heavy (non-hydrogen) atoms. The van der Waals surface area contributed by atoms with E-state index in [9.17, 15) is 0 Å². The minimum absolute atomic E-state index is 0. The molecule has 2 N–H and O–H groups in total. The van der Waals surface area contributed by atoms with Crippen LogP contribution in [-0.4, -0.2) is 36.1 Å². The second-order valence-electron chi connectivity index (χ2n) is 6.18. The molecule has 140 valence electrons. The normalized spacial score (nSPS) is 13.7. The van der Waals surface area contributed by atoms with Crippen LogP contribution in [0.4, 0.5) is 0 Å². The second-order valence-corrected chi connectivity index (χ2v) is 6.18. The smallest absolute Gasteiger partial charge is 0.213 e. The molecule has 0 atom stereocenters. The third-order valence-corrected chi connectivity index (χ3v) is 4.04. The van der Waals surface area contributed by atoms with Gasteiger partial charge in [0.05, 0.1) is 6.61 Å². The molecule has 0 amide bonds. The molecule has 1 aliphatic carbocycles. The van der Waals surface area contributed by atoms with Gasteiger partial charge in [-0.3, -0.25) is 9.98 Å². The molecule has 0 saturated heterocycles. The number of ether oxygens (including phenoxy) is 1. The van der Waals surface area contributed by atoms with E-state index in [1.165, 1.54) is 12.8 Å². The molecular formula is C19H26IN5O. The molecule has 0 unspecified atom stereocenters.